The fraction of sp³-hybridized carbons (Fsp3) is 0.250. The van der Waals surface area contributed by atoms with E-state index in [-0.39, 0.29) is 0 Å². The molecule has 0 radical (unpaired) electrons. The van der Waals surface area contributed by atoms with Crippen molar-refractivity contribution in [1.29, 1.82) is 0 Å². The number of benzene rings is 3. The van der Waals surface area contributed by atoms with Crippen LogP contribution >= 0.6 is 0 Å². The molecule has 0 aromatic heterocycles. The highest BCUT2D eigenvalue weighted by Gasteiger charge is 2.01. The van der Waals surface area contributed by atoms with Crippen LogP contribution in [0.3, 0.4) is 0 Å². The standard InChI is InChI=1S/C24H26O2/c1-17-9-18(2)12-23(11-17)25-15-21-5-7-22(8-6-21)16-26-24-13-19(3)10-20(4)14-24/h5-14H,15-16H2,1-4H3. The van der Waals surface area contributed by atoms with Crippen LogP contribution in [0.15, 0.2) is 60.7 Å². The molecule has 0 unspecified atom stereocenters. The van der Waals surface area contributed by atoms with Gasteiger partial charge in [0, 0.05) is 0 Å². The van der Waals surface area contributed by atoms with Gasteiger partial charge in [-0.05, 0) is 85.3 Å². The maximum atomic E-state index is 5.92. The SMILES string of the molecule is Cc1cc(C)cc(OCc2ccc(COc3cc(C)cc(C)c3)cc2)c1. The number of hydrogen-bond donors (Lipinski definition) is 0. The summed E-state index contributed by atoms with van der Waals surface area (Å²) in [6, 6.07) is 21.0. The van der Waals surface area contributed by atoms with E-state index in [1.165, 1.54) is 22.3 Å². The fourth-order valence-corrected chi connectivity index (χ4v) is 3.10. The Bertz CT molecular complexity index is 764. The van der Waals surface area contributed by atoms with Crippen LogP contribution in [0.2, 0.25) is 0 Å². The largest absolute Gasteiger partial charge is 0.489 e. The normalized spacial score (nSPS) is 10.6. The van der Waals surface area contributed by atoms with Crippen LogP contribution in [0.5, 0.6) is 11.5 Å². The highest BCUT2D eigenvalue weighted by atomic mass is 16.5. The Kier molecular flexibility index (Phi) is 5.62. The van der Waals surface area contributed by atoms with E-state index in [0.29, 0.717) is 13.2 Å². The van der Waals surface area contributed by atoms with E-state index < -0.39 is 0 Å². The van der Waals surface area contributed by atoms with Crippen LogP contribution in [0.4, 0.5) is 0 Å². The van der Waals surface area contributed by atoms with Gasteiger partial charge in [-0.1, -0.05) is 36.4 Å². The van der Waals surface area contributed by atoms with E-state index in [0.717, 1.165) is 22.6 Å². The Labute approximate surface area is 156 Å². The first-order valence-electron chi connectivity index (χ1n) is 8.98. The Balaban J connectivity index is 1.56. The molecule has 0 spiro atoms. The summed E-state index contributed by atoms with van der Waals surface area (Å²) in [6.45, 7) is 9.49. The van der Waals surface area contributed by atoms with Gasteiger partial charge in [-0.2, -0.15) is 0 Å². The third-order valence-corrected chi connectivity index (χ3v) is 4.22. The third-order valence-electron chi connectivity index (χ3n) is 4.22. The molecule has 0 aliphatic carbocycles. The van der Waals surface area contributed by atoms with Crippen molar-refractivity contribution in [3.8, 4) is 11.5 Å². The Morgan fingerprint density at radius 3 is 1.12 bits per heavy atom. The van der Waals surface area contributed by atoms with Gasteiger partial charge in [0.15, 0.2) is 0 Å². The molecule has 0 N–H and O–H groups in total. The molecule has 0 saturated heterocycles. The summed E-state index contributed by atoms with van der Waals surface area (Å²) in [5.74, 6) is 1.84. The predicted octanol–water partition coefficient (Wildman–Crippen LogP) is 6.08. The van der Waals surface area contributed by atoms with Crippen LogP contribution in [0.25, 0.3) is 0 Å². The molecule has 0 heterocycles. The molecule has 134 valence electrons. The molecule has 0 aliphatic heterocycles. The van der Waals surface area contributed by atoms with Crippen LogP contribution in [-0.2, 0) is 13.2 Å². The van der Waals surface area contributed by atoms with Crippen LogP contribution in [-0.4, -0.2) is 0 Å². The lowest BCUT2D eigenvalue weighted by molar-refractivity contribution is 0.302. The lowest BCUT2D eigenvalue weighted by atomic mass is 10.1. The summed E-state index contributed by atoms with van der Waals surface area (Å²) < 4.78 is 11.8. The molecule has 3 aromatic carbocycles. The van der Waals surface area contributed by atoms with E-state index in [4.69, 9.17) is 9.47 Å². The maximum absolute atomic E-state index is 5.92. The minimum Gasteiger partial charge on any atom is -0.489 e. The van der Waals surface area contributed by atoms with Gasteiger partial charge in [0.05, 0.1) is 0 Å². The molecule has 3 rings (SSSR count). The van der Waals surface area contributed by atoms with Gasteiger partial charge in [0.1, 0.15) is 24.7 Å². The van der Waals surface area contributed by atoms with Crippen molar-refractivity contribution in [1.82, 2.24) is 0 Å². The van der Waals surface area contributed by atoms with Crippen molar-refractivity contribution in [2.24, 2.45) is 0 Å². The van der Waals surface area contributed by atoms with E-state index >= 15 is 0 Å². The zero-order valence-corrected chi connectivity index (χ0v) is 16.0. The number of aryl methyl sites for hydroxylation is 4. The zero-order chi connectivity index (χ0) is 18.5. The predicted molar refractivity (Wildman–Crippen MR) is 107 cm³/mol. The second kappa shape index (κ2) is 8.09. The number of rotatable bonds is 6. The fourth-order valence-electron chi connectivity index (χ4n) is 3.10. The highest BCUT2D eigenvalue weighted by molar-refractivity contribution is 5.34. The van der Waals surface area contributed by atoms with Crippen molar-refractivity contribution in [3.63, 3.8) is 0 Å². The quantitative estimate of drug-likeness (QED) is 0.538. The van der Waals surface area contributed by atoms with E-state index in [1.807, 2.05) is 0 Å². The molecule has 0 bridgehead atoms. The number of ether oxygens (including phenoxy) is 2. The van der Waals surface area contributed by atoms with Crippen LogP contribution < -0.4 is 9.47 Å². The molecule has 0 fully saturated rings. The first-order valence-corrected chi connectivity index (χ1v) is 8.98. The average Bonchev–Trinajstić information content (AvgIpc) is 2.57. The van der Waals surface area contributed by atoms with Gasteiger partial charge in [-0.3, -0.25) is 0 Å². The number of hydrogen-bond acceptors (Lipinski definition) is 2. The first kappa shape index (κ1) is 18.1. The van der Waals surface area contributed by atoms with Gasteiger partial charge >= 0.3 is 0 Å². The molecule has 26 heavy (non-hydrogen) atoms. The maximum Gasteiger partial charge on any atom is 0.120 e. The zero-order valence-electron chi connectivity index (χ0n) is 16.0. The van der Waals surface area contributed by atoms with Crippen LogP contribution in [0, 0.1) is 27.7 Å². The first-order chi connectivity index (χ1) is 12.5. The van der Waals surface area contributed by atoms with Crippen molar-refractivity contribution in [3.05, 3.63) is 94.0 Å². The van der Waals surface area contributed by atoms with Gasteiger partial charge in [-0.15, -0.1) is 0 Å². The summed E-state index contributed by atoms with van der Waals surface area (Å²) >= 11 is 0. The molecule has 0 amide bonds. The van der Waals surface area contributed by atoms with E-state index in [9.17, 15) is 0 Å². The molecular weight excluding hydrogens is 320 g/mol. The topological polar surface area (TPSA) is 18.5 Å². The summed E-state index contributed by atoms with van der Waals surface area (Å²) in [5, 5.41) is 0. The second-order valence-corrected chi connectivity index (χ2v) is 7.04. The minimum atomic E-state index is 0.571. The van der Waals surface area contributed by atoms with E-state index in [1.54, 1.807) is 0 Å². The average molecular weight is 346 g/mol. The minimum absolute atomic E-state index is 0.571. The van der Waals surface area contributed by atoms with Crippen molar-refractivity contribution < 1.29 is 9.47 Å². The third kappa shape index (κ3) is 5.13. The molecule has 2 nitrogen and oxygen atoms in total. The highest BCUT2D eigenvalue weighted by Crippen LogP contribution is 2.19. The van der Waals surface area contributed by atoms with Crippen molar-refractivity contribution >= 4 is 0 Å². The van der Waals surface area contributed by atoms with Gasteiger partial charge in [0.25, 0.3) is 0 Å². The lowest BCUT2D eigenvalue weighted by Crippen LogP contribution is -1.99. The summed E-state index contributed by atoms with van der Waals surface area (Å²) in [7, 11) is 0. The van der Waals surface area contributed by atoms with Gasteiger partial charge in [-0.25, -0.2) is 0 Å². The molecule has 0 atom stereocenters. The second-order valence-electron chi connectivity index (χ2n) is 7.04. The summed E-state index contributed by atoms with van der Waals surface area (Å²) in [4.78, 5) is 0. The Morgan fingerprint density at radius 1 is 0.500 bits per heavy atom. The molecule has 2 heteroatoms. The Morgan fingerprint density at radius 2 is 0.808 bits per heavy atom. The van der Waals surface area contributed by atoms with E-state index in [2.05, 4.69) is 88.4 Å². The molecule has 3 aromatic rings. The Hall–Kier alpha value is -2.74. The molecule has 0 saturated carbocycles. The molecule has 0 aliphatic rings. The van der Waals surface area contributed by atoms with Crippen molar-refractivity contribution in [2.75, 3.05) is 0 Å². The van der Waals surface area contributed by atoms with Crippen LogP contribution in [0.1, 0.15) is 33.4 Å². The smallest absolute Gasteiger partial charge is 0.120 e. The van der Waals surface area contributed by atoms with Crippen molar-refractivity contribution in [2.45, 2.75) is 40.9 Å². The van der Waals surface area contributed by atoms with Gasteiger partial charge in [0.2, 0.25) is 0 Å². The lowest BCUT2D eigenvalue weighted by Gasteiger charge is -2.10. The van der Waals surface area contributed by atoms with Gasteiger partial charge < -0.3 is 9.47 Å². The summed E-state index contributed by atoms with van der Waals surface area (Å²) in [5.41, 5.74) is 7.19. The monoisotopic (exact) mass is 346 g/mol. The summed E-state index contributed by atoms with van der Waals surface area (Å²) in [6.07, 6.45) is 0. The molecular formula is C24H26O2.